The van der Waals surface area contributed by atoms with E-state index < -0.39 is 0 Å². The highest BCUT2D eigenvalue weighted by Crippen LogP contribution is 2.42. The summed E-state index contributed by atoms with van der Waals surface area (Å²) >= 11 is 1.83. The zero-order valence-corrected chi connectivity index (χ0v) is 31.6. The predicted molar refractivity (Wildman–Crippen MR) is 240 cm³/mol. The van der Waals surface area contributed by atoms with Gasteiger partial charge in [0.25, 0.3) is 0 Å². The van der Waals surface area contributed by atoms with Crippen LogP contribution < -0.4 is 0 Å². The van der Waals surface area contributed by atoms with E-state index in [0.29, 0.717) is 17.7 Å². The van der Waals surface area contributed by atoms with E-state index in [-0.39, 0.29) is 0 Å². The average Bonchev–Trinajstić information content (AvgIpc) is 4.03. The molecule has 5 heterocycles. The monoisotopic (exact) mass is 759 g/mol. The molecule has 0 atom stereocenters. The Labute approximate surface area is 334 Å². The lowest BCUT2D eigenvalue weighted by Crippen LogP contribution is -2.10. The van der Waals surface area contributed by atoms with Crippen molar-refractivity contribution in [2.75, 3.05) is 0 Å². The predicted octanol–water partition coefficient (Wildman–Crippen LogP) is 13.7. The first kappa shape index (κ1) is 31.6. The summed E-state index contributed by atoms with van der Waals surface area (Å²) < 4.78 is 13.5. The second-order valence-electron chi connectivity index (χ2n) is 14.8. The number of fused-ring (bicyclic) bond motifs is 12. The molecule has 5 aromatic heterocycles. The van der Waals surface area contributed by atoms with E-state index >= 15 is 0 Å². The molecule has 0 spiro atoms. The van der Waals surface area contributed by atoms with Gasteiger partial charge in [0.05, 0.1) is 22.1 Å². The van der Waals surface area contributed by atoms with Crippen LogP contribution in [0.25, 0.3) is 120 Å². The Balaban J connectivity index is 1.11. The number of thiophene rings is 1. The summed E-state index contributed by atoms with van der Waals surface area (Å²) in [7, 11) is 0. The summed E-state index contributed by atoms with van der Waals surface area (Å²) in [5.74, 6) is 1.64. The van der Waals surface area contributed by atoms with Crippen molar-refractivity contribution in [3.63, 3.8) is 0 Å². The standard InChI is InChI=1S/C51H29N5OS/c1-2-13-30(14-3-1)32-19-12-23-44-48(32)37-26-25-31(27-45(37)57-44)49-52-50(55-40-20-8-4-15-33(40)34-16-5-9-21-41(34)55)54-51(53-49)56-42-22-10-6-17-35(42)38-29-47-39(28-43(38)56)36-18-7-11-24-46(36)58-47/h1-29H. The van der Waals surface area contributed by atoms with E-state index in [9.17, 15) is 0 Å². The van der Waals surface area contributed by atoms with Crippen LogP contribution >= 0.6 is 11.3 Å². The van der Waals surface area contributed by atoms with Crippen LogP contribution in [-0.4, -0.2) is 24.1 Å². The van der Waals surface area contributed by atoms with Crippen LogP contribution in [0.1, 0.15) is 0 Å². The number of furan rings is 1. The molecule has 13 rings (SSSR count). The molecule has 0 amide bonds. The van der Waals surface area contributed by atoms with Gasteiger partial charge in [-0.25, -0.2) is 0 Å². The van der Waals surface area contributed by atoms with Crippen molar-refractivity contribution < 1.29 is 4.42 Å². The number of para-hydroxylation sites is 3. The van der Waals surface area contributed by atoms with Crippen molar-refractivity contribution in [2.24, 2.45) is 0 Å². The molecule has 0 fully saturated rings. The molecule has 0 unspecified atom stereocenters. The maximum Gasteiger partial charge on any atom is 0.240 e. The molecule has 0 aliphatic carbocycles. The minimum Gasteiger partial charge on any atom is -0.456 e. The Morgan fingerprint density at radius 2 is 1.00 bits per heavy atom. The van der Waals surface area contributed by atoms with Gasteiger partial charge in [-0.2, -0.15) is 15.0 Å². The third-order valence-corrected chi connectivity index (χ3v) is 12.7. The van der Waals surface area contributed by atoms with Gasteiger partial charge in [-0.05, 0) is 65.7 Å². The fraction of sp³-hybridized carbons (Fsp3) is 0. The Kier molecular flexibility index (Phi) is 6.50. The van der Waals surface area contributed by atoms with Crippen molar-refractivity contribution in [1.82, 2.24) is 24.1 Å². The van der Waals surface area contributed by atoms with Gasteiger partial charge < -0.3 is 4.42 Å². The zero-order valence-electron chi connectivity index (χ0n) is 30.8. The molecule has 7 heteroatoms. The molecule has 0 N–H and O–H groups in total. The molecule has 13 aromatic rings. The van der Waals surface area contributed by atoms with Crippen LogP contribution in [0.15, 0.2) is 180 Å². The fourth-order valence-electron chi connectivity index (χ4n) is 9.05. The molecule has 270 valence electrons. The molecule has 6 nitrogen and oxygen atoms in total. The molecule has 58 heavy (non-hydrogen) atoms. The lowest BCUT2D eigenvalue weighted by Gasteiger charge is -2.12. The molecule has 0 saturated heterocycles. The normalized spacial score (nSPS) is 12.1. The van der Waals surface area contributed by atoms with Crippen molar-refractivity contribution in [3.8, 4) is 34.4 Å². The Bertz CT molecular complexity index is 3760. The van der Waals surface area contributed by atoms with Crippen molar-refractivity contribution in [1.29, 1.82) is 0 Å². The average molecular weight is 760 g/mol. The van der Waals surface area contributed by atoms with Gasteiger partial charge in [0.2, 0.25) is 11.9 Å². The van der Waals surface area contributed by atoms with Gasteiger partial charge in [-0.15, -0.1) is 11.3 Å². The number of nitrogens with zero attached hydrogens (tertiary/aromatic N) is 5. The van der Waals surface area contributed by atoms with E-state index in [1.807, 2.05) is 23.5 Å². The summed E-state index contributed by atoms with van der Waals surface area (Å²) in [4.78, 5) is 16.1. The third kappa shape index (κ3) is 4.50. The van der Waals surface area contributed by atoms with Crippen LogP contribution in [-0.2, 0) is 0 Å². The van der Waals surface area contributed by atoms with E-state index in [2.05, 4.69) is 173 Å². The summed E-state index contributed by atoms with van der Waals surface area (Å²) in [5.41, 5.74) is 8.88. The molecule has 0 aliphatic heterocycles. The SMILES string of the molecule is c1ccc(-c2cccc3oc4cc(-c5nc(-n6c7ccccc7c7ccccc76)nc(-n6c7ccccc7c7cc8sc9ccccc9c8cc76)n5)ccc4c23)cc1. The topological polar surface area (TPSA) is 61.7 Å². The molecular weight excluding hydrogens is 731 g/mol. The smallest absolute Gasteiger partial charge is 0.240 e. The van der Waals surface area contributed by atoms with Crippen LogP contribution in [0.5, 0.6) is 0 Å². The Hall–Kier alpha value is -7.61. The van der Waals surface area contributed by atoms with Crippen molar-refractivity contribution in [2.45, 2.75) is 0 Å². The van der Waals surface area contributed by atoms with E-state index in [4.69, 9.17) is 19.4 Å². The lowest BCUT2D eigenvalue weighted by atomic mass is 9.99. The highest BCUT2D eigenvalue weighted by atomic mass is 32.1. The lowest BCUT2D eigenvalue weighted by molar-refractivity contribution is 0.669. The van der Waals surface area contributed by atoms with Gasteiger partial charge in [0.1, 0.15) is 11.2 Å². The third-order valence-electron chi connectivity index (χ3n) is 11.6. The van der Waals surface area contributed by atoms with Crippen LogP contribution in [0.3, 0.4) is 0 Å². The summed E-state index contributed by atoms with van der Waals surface area (Å²) in [5, 5.41) is 9.20. The quantitative estimate of drug-likeness (QED) is 0.179. The van der Waals surface area contributed by atoms with Crippen molar-refractivity contribution >= 4 is 97.1 Å². The Morgan fingerprint density at radius 1 is 0.379 bits per heavy atom. The minimum absolute atomic E-state index is 0.543. The van der Waals surface area contributed by atoms with Gasteiger partial charge in [-0.1, -0.05) is 121 Å². The maximum atomic E-state index is 6.60. The van der Waals surface area contributed by atoms with Gasteiger partial charge in [0.15, 0.2) is 5.82 Å². The first-order valence-electron chi connectivity index (χ1n) is 19.4. The van der Waals surface area contributed by atoms with Crippen molar-refractivity contribution in [3.05, 3.63) is 176 Å². The number of aromatic nitrogens is 5. The second-order valence-corrected chi connectivity index (χ2v) is 15.9. The summed E-state index contributed by atoms with van der Waals surface area (Å²) in [6.07, 6.45) is 0. The van der Waals surface area contributed by atoms with Gasteiger partial charge in [0, 0.05) is 58.1 Å². The van der Waals surface area contributed by atoms with E-state index in [1.165, 1.54) is 20.2 Å². The van der Waals surface area contributed by atoms with Crippen LogP contribution in [0, 0.1) is 0 Å². The first-order valence-corrected chi connectivity index (χ1v) is 20.2. The maximum absolute atomic E-state index is 6.60. The molecule has 8 aromatic carbocycles. The highest BCUT2D eigenvalue weighted by Gasteiger charge is 2.22. The van der Waals surface area contributed by atoms with Crippen LogP contribution in [0.4, 0.5) is 0 Å². The van der Waals surface area contributed by atoms with Crippen LogP contribution in [0.2, 0.25) is 0 Å². The van der Waals surface area contributed by atoms with Gasteiger partial charge >= 0.3 is 0 Å². The largest absolute Gasteiger partial charge is 0.456 e. The molecule has 0 aliphatic rings. The molecular formula is C51H29N5OS. The molecule has 0 saturated carbocycles. The number of hydrogen-bond acceptors (Lipinski definition) is 5. The zero-order chi connectivity index (χ0) is 37.9. The number of rotatable bonds is 4. The second kappa shape index (κ2) is 11.9. The fourth-order valence-corrected chi connectivity index (χ4v) is 10.2. The summed E-state index contributed by atoms with van der Waals surface area (Å²) in [6, 6.07) is 61.9. The van der Waals surface area contributed by atoms with E-state index in [1.54, 1.807) is 0 Å². The number of hydrogen-bond donors (Lipinski definition) is 0. The Morgan fingerprint density at radius 3 is 1.72 bits per heavy atom. The number of benzene rings is 8. The minimum atomic E-state index is 0.543. The summed E-state index contributed by atoms with van der Waals surface area (Å²) in [6.45, 7) is 0. The molecule has 0 bridgehead atoms. The molecule has 0 radical (unpaired) electrons. The van der Waals surface area contributed by atoms with Gasteiger partial charge in [-0.3, -0.25) is 9.13 Å². The van der Waals surface area contributed by atoms with E-state index in [0.717, 1.165) is 82.2 Å². The first-order chi connectivity index (χ1) is 28.7. The highest BCUT2D eigenvalue weighted by molar-refractivity contribution is 7.25.